The summed E-state index contributed by atoms with van der Waals surface area (Å²) in [6.07, 6.45) is 0.890. The van der Waals surface area contributed by atoms with Crippen molar-refractivity contribution >= 4 is 17.5 Å². The molecule has 0 heterocycles. The number of nitrogens with two attached hydrogens (primary N) is 1. The molecule has 3 N–H and O–H groups in total. The molecule has 0 radical (unpaired) electrons. The Morgan fingerprint density at radius 3 is 2.71 bits per heavy atom. The van der Waals surface area contributed by atoms with Crippen LogP contribution in [0, 0.1) is 5.92 Å². The molecule has 0 saturated heterocycles. The molecule has 0 unspecified atom stereocenters. The lowest BCUT2D eigenvalue weighted by atomic mass is 9.99. The van der Waals surface area contributed by atoms with Gasteiger partial charge in [-0.1, -0.05) is 50.1 Å². The average Bonchev–Trinajstić information content (AvgIpc) is 2.35. The van der Waals surface area contributed by atoms with Gasteiger partial charge in [-0.15, -0.1) is 0 Å². The van der Waals surface area contributed by atoms with E-state index in [1.807, 2.05) is 32.0 Å². The number of nitrogens with one attached hydrogen (secondary N) is 1. The fourth-order valence-corrected chi connectivity index (χ4v) is 1.66. The highest BCUT2D eigenvalue weighted by Gasteiger charge is 2.18. The van der Waals surface area contributed by atoms with Gasteiger partial charge in [0, 0.05) is 11.6 Å². The van der Waals surface area contributed by atoms with Crippen LogP contribution < -0.4 is 11.1 Å². The summed E-state index contributed by atoms with van der Waals surface area (Å²) in [6.45, 7) is 4.41. The van der Waals surface area contributed by atoms with Crippen molar-refractivity contribution in [2.45, 2.75) is 32.9 Å². The quantitative estimate of drug-likeness (QED) is 0.847. The number of carbonyl (C=O) groups is 1. The molecule has 0 spiro atoms. The van der Waals surface area contributed by atoms with Crippen molar-refractivity contribution < 1.29 is 4.79 Å². The highest BCUT2D eigenvalue weighted by molar-refractivity contribution is 6.31. The van der Waals surface area contributed by atoms with Crippen molar-refractivity contribution in [3.63, 3.8) is 0 Å². The van der Waals surface area contributed by atoms with Crippen molar-refractivity contribution in [1.29, 1.82) is 0 Å². The molecule has 1 amide bonds. The van der Waals surface area contributed by atoms with Gasteiger partial charge in [-0.3, -0.25) is 4.79 Å². The van der Waals surface area contributed by atoms with Gasteiger partial charge in [-0.25, -0.2) is 0 Å². The molecule has 1 aromatic rings. The molecule has 3 nitrogen and oxygen atoms in total. The first-order valence-corrected chi connectivity index (χ1v) is 6.20. The van der Waals surface area contributed by atoms with Crippen LogP contribution in [-0.2, 0) is 11.3 Å². The van der Waals surface area contributed by atoms with E-state index in [2.05, 4.69) is 5.32 Å². The molecule has 0 saturated carbocycles. The van der Waals surface area contributed by atoms with E-state index in [-0.39, 0.29) is 11.8 Å². The molecular formula is C13H19ClN2O. The van der Waals surface area contributed by atoms with E-state index in [0.717, 1.165) is 12.0 Å². The Hall–Kier alpha value is -1.06. The van der Waals surface area contributed by atoms with Crippen LogP contribution in [0.5, 0.6) is 0 Å². The second-order valence-electron chi connectivity index (χ2n) is 4.22. The zero-order chi connectivity index (χ0) is 12.8. The second kappa shape index (κ2) is 6.62. The van der Waals surface area contributed by atoms with Gasteiger partial charge in [-0.05, 0) is 17.5 Å². The largest absolute Gasteiger partial charge is 0.351 e. The Labute approximate surface area is 107 Å². The third-order valence-electron chi connectivity index (χ3n) is 2.97. The summed E-state index contributed by atoms with van der Waals surface area (Å²) in [6, 6.07) is 6.98. The van der Waals surface area contributed by atoms with Gasteiger partial charge in [0.25, 0.3) is 0 Å². The summed E-state index contributed by atoms with van der Waals surface area (Å²) in [4.78, 5) is 11.7. The number of hydrogen-bond acceptors (Lipinski definition) is 2. The van der Waals surface area contributed by atoms with Crippen LogP contribution in [0.25, 0.3) is 0 Å². The van der Waals surface area contributed by atoms with Crippen LogP contribution in [0.15, 0.2) is 24.3 Å². The first-order chi connectivity index (χ1) is 8.06. The summed E-state index contributed by atoms with van der Waals surface area (Å²) in [5.41, 5.74) is 6.73. The topological polar surface area (TPSA) is 55.1 Å². The van der Waals surface area contributed by atoms with E-state index >= 15 is 0 Å². The molecule has 1 rings (SSSR count). The molecular weight excluding hydrogens is 236 g/mol. The van der Waals surface area contributed by atoms with Gasteiger partial charge in [0.05, 0.1) is 6.04 Å². The number of carbonyl (C=O) groups excluding carboxylic acids is 1. The number of hydrogen-bond donors (Lipinski definition) is 2. The molecule has 0 fully saturated rings. The summed E-state index contributed by atoms with van der Waals surface area (Å²) in [5.74, 6) is 0.0560. The fourth-order valence-electron chi connectivity index (χ4n) is 1.45. The van der Waals surface area contributed by atoms with E-state index in [4.69, 9.17) is 17.3 Å². The van der Waals surface area contributed by atoms with Gasteiger partial charge in [-0.2, -0.15) is 0 Å². The lowest BCUT2D eigenvalue weighted by Crippen LogP contribution is -2.44. The third-order valence-corrected chi connectivity index (χ3v) is 3.34. The minimum Gasteiger partial charge on any atom is -0.351 e. The van der Waals surface area contributed by atoms with Gasteiger partial charge in [0.1, 0.15) is 0 Å². The summed E-state index contributed by atoms with van der Waals surface area (Å²) in [7, 11) is 0. The molecule has 0 aliphatic heterocycles. The first kappa shape index (κ1) is 14.0. The molecule has 94 valence electrons. The van der Waals surface area contributed by atoms with Crippen LogP contribution in [0.1, 0.15) is 25.8 Å². The minimum atomic E-state index is -0.456. The molecule has 0 aliphatic carbocycles. The van der Waals surface area contributed by atoms with Gasteiger partial charge >= 0.3 is 0 Å². The Morgan fingerprint density at radius 1 is 1.47 bits per heavy atom. The minimum absolute atomic E-state index is 0.126. The van der Waals surface area contributed by atoms with E-state index in [9.17, 15) is 4.79 Å². The average molecular weight is 255 g/mol. The zero-order valence-electron chi connectivity index (χ0n) is 10.2. The fraction of sp³-hybridized carbons (Fsp3) is 0.462. The normalized spacial score (nSPS) is 14.1. The predicted molar refractivity (Wildman–Crippen MR) is 70.7 cm³/mol. The number of benzene rings is 1. The standard InChI is InChI=1S/C13H19ClN2O/c1-3-9(2)12(15)13(17)16-8-10-6-4-5-7-11(10)14/h4-7,9,12H,3,8,15H2,1-2H3,(H,16,17)/t9-,12-/m0/s1. The zero-order valence-corrected chi connectivity index (χ0v) is 11.0. The lowest BCUT2D eigenvalue weighted by molar-refractivity contribution is -0.123. The maximum atomic E-state index is 11.7. The molecule has 2 atom stereocenters. The molecule has 4 heteroatoms. The first-order valence-electron chi connectivity index (χ1n) is 5.83. The van der Waals surface area contributed by atoms with E-state index in [1.165, 1.54) is 0 Å². The van der Waals surface area contributed by atoms with E-state index in [1.54, 1.807) is 6.07 Å². The van der Waals surface area contributed by atoms with Crippen molar-refractivity contribution in [3.8, 4) is 0 Å². The van der Waals surface area contributed by atoms with Gasteiger partial charge < -0.3 is 11.1 Å². The molecule has 1 aromatic carbocycles. The number of amides is 1. The van der Waals surface area contributed by atoms with Crippen molar-refractivity contribution in [2.24, 2.45) is 11.7 Å². The van der Waals surface area contributed by atoms with Crippen molar-refractivity contribution in [2.75, 3.05) is 0 Å². The molecule has 0 aromatic heterocycles. The Balaban J connectivity index is 2.51. The summed E-state index contributed by atoms with van der Waals surface area (Å²) < 4.78 is 0. The number of rotatable bonds is 5. The molecule has 17 heavy (non-hydrogen) atoms. The Morgan fingerprint density at radius 2 is 2.12 bits per heavy atom. The monoisotopic (exact) mass is 254 g/mol. The van der Waals surface area contributed by atoms with Crippen LogP contribution >= 0.6 is 11.6 Å². The summed E-state index contributed by atoms with van der Waals surface area (Å²) in [5, 5.41) is 3.46. The second-order valence-corrected chi connectivity index (χ2v) is 4.63. The Bertz CT molecular complexity index is 381. The van der Waals surface area contributed by atoms with E-state index in [0.29, 0.717) is 11.6 Å². The smallest absolute Gasteiger partial charge is 0.237 e. The van der Waals surface area contributed by atoms with Crippen LogP contribution in [0.3, 0.4) is 0 Å². The van der Waals surface area contributed by atoms with Crippen molar-refractivity contribution in [1.82, 2.24) is 5.32 Å². The molecule has 0 aliphatic rings. The van der Waals surface area contributed by atoms with Gasteiger partial charge in [0.15, 0.2) is 0 Å². The van der Waals surface area contributed by atoms with Crippen LogP contribution in [0.4, 0.5) is 0 Å². The van der Waals surface area contributed by atoms with E-state index < -0.39 is 6.04 Å². The molecule has 0 bridgehead atoms. The Kier molecular flexibility index (Phi) is 5.45. The maximum Gasteiger partial charge on any atom is 0.237 e. The SMILES string of the molecule is CC[C@H](C)[C@H](N)C(=O)NCc1ccccc1Cl. The highest BCUT2D eigenvalue weighted by atomic mass is 35.5. The van der Waals surface area contributed by atoms with Crippen LogP contribution in [-0.4, -0.2) is 11.9 Å². The number of halogens is 1. The lowest BCUT2D eigenvalue weighted by Gasteiger charge is -2.17. The third kappa shape index (κ3) is 4.02. The highest BCUT2D eigenvalue weighted by Crippen LogP contribution is 2.14. The van der Waals surface area contributed by atoms with Crippen molar-refractivity contribution in [3.05, 3.63) is 34.9 Å². The maximum absolute atomic E-state index is 11.7. The van der Waals surface area contributed by atoms with Gasteiger partial charge in [0.2, 0.25) is 5.91 Å². The predicted octanol–water partition coefficient (Wildman–Crippen LogP) is 2.33. The van der Waals surface area contributed by atoms with Crippen LogP contribution in [0.2, 0.25) is 5.02 Å². The summed E-state index contributed by atoms with van der Waals surface area (Å²) >= 11 is 5.99.